The average Bonchev–Trinajstić information content (AvgIpc) is 3.18. The van der Waals surface area contributed by atoms with Crippen LogP contribution in [-0.4, -0.2) is 49.3 Å². The third kappa shape index (κ3) is 4.05. The number of methoxy groups -OCH3 is 1. The predicted octanol–water partition coefficient (Wildman–Crippen LogP) is 3.81. The Labute approximate surface area is 140 Å². The van der Waals surface area contributed by atoms with E-state index in [4.69, 9.17) is 4.74 Å². The molecule has 1 aliphatic heterocycles. The molecule has 4 nitrogen and oxygen atoms in total. The Hall–Kier alpha value is -1.66. The van der Waals surface area contributed by atoms with Gasteiger partial charge in [-0.25, -0.2) is 0 Å². The summed E-state index contributed by atoms with van der Waals surface area (Å²) in [5.74, 6) is 0.857. The molecule has 1 aromatic heterocycles. The number of benzene rings is 1. The minimum absolute atomic E-state index is 0.116. The molecule has 0 spiro atoms. The molecule has 0 radical (unpaired) electrons. The van der Waals surface area contributed by atoms with Crippen molar-refractivity contribution in [3.63, 3.8) is 0 Å². The molecule has 1 aliphatic rings. The van der Waals surface area contributed by atoms with Crippen LogP contribution in [0.15, 0.2) is 24.4 Å². The summed E-state index contributed by atoms with van der Waals surface area (Å²) in [5.41, 5.74) is 2.39. The maximum atomic E-state index is 12.0. The molecule has 0 aliphatic carbocycles. The highest BCUT2D eigenvalue weighted by atomic mass is 19.3. The molecule has 24 heavy (non-hydrogen) atoms. The fourth-order valence-electron chi connectivity index (χ4n) is 3.57. The van der Waals surface area contributed by atoms with Crippen molar-refractivity contribution in [2.24, 2.45) is 0 Å². The number of nitrogens with zero attached hydrogens (tertiary/aromatic N) is 1. The van der Waals surface area contributed by atoms with Gasteiger partial charge in [0.2, 0.25) is 0 Å². The number of hydrogen-bond donors (Lipinski definition) is 1. The van der Waals surface area contributed by atoms with E-state index >= 15 is 0 Å². The Balaban J connectivity index is 1.62. The highest BCUT2D eigenvalue weighted by Crippen LogP contribution is 2.28. The van der Waals surface area contributed by atoms with Gasteiger partial charge in [0, 0.05) is 29.7 Å². The van der Waals surface area contributed by atoms with Crippen molar-refractivity contribution in [2.75, 3.05) is 26.8 Å². The van der Waals surface area contributed by atoms with Crippen molar-refractivity contribution in [2.45, 2.75) is 38.3 Å². The molecule has 3 rings (SSSR count). The zero-order valence-corrected chi connectivity index (χ0v) is 13.9. The van der Waals surface area contributed by atoms with Gasteiger partial charge in [-0.2, -0.15) is 8.78 Å². The summed E-state index contributed by atoms with van der Waals surface area (Å²) in [4.78, 5) is 5.71. The summed E-state index contributed by atoms with van der Waals surface area (Å²) >= 11 is 0. The molecular weight excluding hydrogens is 314 g/mol. The second-order valence-corrected chi connectivity index (χ2v) is 6.25. The molecule has 1 N–H and O–H groups in total. The Morgan fingerprint density at radius 1 is 1.38 bits per heavy atom. The van der Waals surface area contributed by atoms with Crippen molar-refractivity contribution in [3.8, 4) is 5.75 Å². The van der Waals surface area contributed by atoms with Crippen LogP contribution in [0.1, 0.15) is 24.8 Å². The smallest absolute Gasteiger partial charge is 0.345 e. The highest BCUT2D eigenvalue weighted by molar-refractivity contribution is 5.84. The number of halogens is 2. The van der Waals surface area contributed by atoms with Crippen LogP contribution in [0.5, 0.6) is 5.75 Å². The SMILES string of the molecule is COc1ccc2[nH]cc(C[C@H]3CCCN3CCCOC(F)F)c2c1. The minimum Gasteiger partial charge on any atom is -0.497 e. The number of likely N-dealkylation sites (tertiary alicyclic amines) is 1. The molecule has 0 amide bonds. The zero-order chi connectivity index (χ0) is 16.9. The van der Waals surface area contributed by atoms with Crippen LogP contribution in [0.3, 0.4) is 0 Å². The molecule has 1 fully saturated rings. The van der Waals surface area contributed by atoms with Gasteiger partial charge in [-0.1, -0.05) is 0 Å². The van der Waals surface area contributed by atoms with Gasteiger partial charge >= 0.3 is 6.61 Å². The standard InChI is InChI=1S/C18H24F2N2O2/c1-23-15-5-6-17-16(11-15)13(12-21-17)10-14-4-2-7-22(14)8-3-9-24-18(19)20/h5-6,11-12,14,18,21H,2-4,7-10H2,1H3/t14-/m1/s1. The second-order valence-electron chi connectivity index (χ2n) is 6.25. The lowest BCUT2D eigenvalue weighted by molar-refractivity contribution is -0.130. The van der Waals surface area contributed by atoms with E-state index < -0.39 is 6.61 Å². The minimum atomic E-state index is -2.67. The third-order valence-corrected chi connectivity index (χ3v) is 4.76. The monoisotopic (exact) mass is 338 g/mol. The van der Waals surface area contributed by atoms with Crippen LogP contribution >= 0.6 is 0 Å². The van der Waals surface area contributed by atoms with Crippen LogP contribution in [0.25, 0.3) is 10.9 Å². The van der Waals surface area contributed by atoms with E-state index in [0.717, 1.165) is 43.6 Å². The number of aromatic amines is 1. The van der Waals surface area contributed by atoms with Crippen molar-refractivity contribution in [3.05, 3.63) is 30.0 Å². The number of fused-ring (bicyclic) bond motifs is 1. The predicted molar refractivity (Wildman–Crippen MR) is 89.7 cm³/mol. The first-order valence-electron chi connectivity index (χ1n) is 8.45. The molecule has 0 bridgehead atoms. The van der Waals surface area contributed by atoms with E-state index in [0.29, 0.717) is 12.5 Å². The molecule has 1 saturated heterocycles. The second kappa shape index (κ2) is 7.94. The van der Waals surface area contributed by atoms with Gasteiger partial charge in [-0.3, -0.25) is 4.90 Å². The largest absolute Gasteiger partial charge is 0.497 e. The van der Waals surface area contributed by atoms with Crippen LogP contribution < -0.4 is 4.74 Å². The molecule has 6 heteroatoms. The Bertz CT molecular complexity index is 660. The summed E-state index contributed by atoms with van der Waals surface area (Å²) in [6.45, 7) is -0.709. The highest BCUT2D eigenvalue weighted by Gasteiger charge is 2.25. The molecule has 1 aromatic carbocycles. The number of rotatable bonds is 8. The summed E-state index contributed by atoms with van der Waals surface area (Å²) in [7, 11) is 1.67. The Kier molecular flexibility index (Phi) is 5.68. The summed E-state index contributed by atoms with van der Waals surface area (Å²) in [5, 5.41) is 1.20. The maximum absolute atomic E-state index is 12.0. The van der Waals surface area contributed by atoms with Gasteiger partial charge in [0.15, 0.2) is 0 Å². The normalized spacial score (nSPS) is 18.8. The molecule has 2 aromatic rings. The molecule has 0 unspecified atom stereocenters. The van der Waals surface area contributed by atoms with Gasteiger partial charge in [0.1, 0.15) is 5.75 Å². The summed E-state index contributed by atoms with van der Waals surface area (Å²) in [6.07, 6.45) is 5.98. The first kappa shape index (κ1) is 17.2. The van der Waals surface area contributed by atoms with E-state index in [9.17, 15) is 8.78 Å². The van der Waals surface area contributed by atoms with Crippen molar-refractivity contribution in [1.29, 1.82) is 0 Å². The molecule has 132 valence electrons. The molecular formula is C18H24F2N2O2. The van der Waals surface area contributed by atoms with E-state index in [1.807, 2.05) is 12.1 Å². The van der Waals surface area contributed by atoms with Crippen molar-refractivity contribution in [1.82, 2.24) is 9.88 Å². The van der Waals surface area contributed by atoms with Crippen LogP contribution in [0.2, 0.25) is 0 Å². The fraction of sp³-hybridized carbons (Fsp3) is 0.556. The first-order valence-corrected chi connectivity index (χ1v) is 8.45. The number of alkyl halides is 2. The maximum Gasteiger partial charge on any atom is 0.345 e. The molecule has 0 saturated carbocycles. The van der Waals surface area contributed by atoms with Gasteiger partial charge in [0.25, 0.3) is 0 Å². The fourth-order valence-corrected chi connectivity index (χ4v) is 3.57. The quantitative estimate of drug-likeness (QED) is 0.744. The number of nitrogens with one attached hydrogen (secondary N) is 1. The van der Waals surface area contributed by atoms with Crippen LogP contribution in [0, 0.1) is 0 Å². The van der Waals surface area contributed by atoms with Gasteiger partial charge in [0.05, 0.1) is 13.7 Å². The van der Waals surface area contributed by atoms with Crippen LogP contribution in [0.4, 0.5) is 8.78 Å². The van der Waals surface area contributed by atoms with Gasteiger partial charge in [-0.15, -0.1) is 0 Å². The number of ether oxygens (including phenoxy) is 2. The number of hydrogen-bond acceptors (Lipinski definition) is 3. The summed E-state index contributed by atoms with van der Waals surface area (Å²) in [6, 6.07) is 6.51. The Morgan fingerprint density at radius 2 is 2.25 bits per heavy atom. The van der Waals surface area contributed by atoms with E-state index in [1.165, 1.54) is 10.9 Å². The Morgan fingerprint density at radius 3 is 3.04 bits per heavy atom. The van der Waals surface area contributed by atoms with Gasteiger partial charge < -0.3 is 14.5 Å². The topological polar surface area (TPSA) is 37.5 Å². The number of H-pyrrole nitrogens is 1. The first-order chi connectivity index (χ1) is 11.7. The lowest BCUT2D eigenvalue weighted by Gasteiger charge is -2.24. The molecule has 1 atom stereocenters. The van der Waals surface area contributed by atoms with E-state index in [-0.39, 0.29) is 6.61 Å². The molecule has 2 heterocycles. The lowest BCUT2D eigenvalue weighted by atomic mass is 10.0. The van der Waals surface area contributed by atoms with Crippen LogP contribution in [-0.2, 0) is 11.2 Å². The van der Waals surface area contributed by atoms with Gasteiger partial charge in [-0.05, 0) is 56.0 Å². The zero-order valence-electron chi connectivity index (χ0n) is 13.9. The average molecular weight is 338 g/mol. The van der Waals surface area contributed by atoms with Crippen molar-refractivity contribution >= 4 is 10.9 Å². The van der Waals surface area contributed by atoms with E-state index in [1.54, 1.807) is 7.11 Å². The lowest BCUT2D eigenvalue weighted by Crippen LogP contribution is -2.32. The van der Waals surface area contributed by atoms with E-state index in [2.05, 4.69) is 26.9 Å². The van der Waals surface area contributed by atoms with Crippen molar-refractivity contribution < 1.29 is 18.3 Å². The summed E-state index contributed by atoms with van der Waals surface area (Å²) < 4.78 is 33.7. The number of aromatic nitrogens is 1. The third-order valence-electron chi connectivity index (χ3n) is 4.76.